The summed E-state index contributed by atoms with van der Waals surface area (Å²) in [6, 6.07) is 0.126. The molecule has 1 fully saturated rings. The molecule has 15 heavy (non-hydrogen) atoms. The third-order valence-electron chi connectivity index (χ3n) is 3.75. The standard InChI is InChI=1S/C12H24N2O/c1-4-8-13-11(15)14-9-7-12(5-2,6-3)10-14/h4-10H2,1-3H3,(H,13,15). The zero-order valence-corrected chi connectivity index (χ0v) is 10.3. The molecule has 1 saturated heterocycles. The second-order valence-electron chi connectivity index (χ2n) is 4.61. The van der Waals surface area contributed by atoms with E-state index < -0.39 is 0 Å². The predicted octanol–water partition coefficient (Wildman–Crippen LogP) is 2.62. The van der Waals surface area contributed by atoms with Crippen molar-refractivity contribution in [2.45, 2.75) is 46.5 Å². The molecular weight excluding hydrogens is 188 g/mol. The Morgan fingerprint density at radius 2 is 2.00 bits per heavy atom. The number of nitrogens with one attached hydrogen (secondary N) is 1. The largest absolute Gasteiger partial charge is 0.338 e. The minimum absolute atomic E-state index is 0.126. The molecule has 0 aromatic heterocycles. The van der Waals surface area contributed by atoms with Crippen LogP contribution in [0.25, 0.3) is 0 Å². The fourth-order valence-corrected chi connectivity index (χ4v) is 2.28. The highest BCUT2D eigenvalue weighted by atomic mass is 16.2. The molecule has 0 saturated carbocycles. The van der Waals surface area contributed by atoms with Crippen molar-refractivity contribution in [1.82, 2.24) is 10.2 Å². The number of likely N-dealkylation sites (tertiary alicyclic amines) is 1. The lowest BCUT2D eigenvalue weighted by Crippen LogP contribution is -2.40. The van der Waals surface area contributed by atoms with E-state index in [1.54, 1.807) is 0 Å². The van der Waals surface area contributed by atoms with Gasteiger partial charge in [-0.15, -0.1) is 0 Å². The van der Waals surface area contributed by atoms with E-state index in [-0.39, 0.29) is 6.03 Å². The van der Waals surface area contributed by atoms with Crippen molar-refractivity contribution < 1.29 is 4.79 Å². The smallest absolute Gasteiger partial charge is 0.317 e. The molecule has 3 heteroatoms. The SMILES string of the molecule is CCCNC(=O)N1CCC(CC)(CC)C1. The number of amides is 2. The summed E-state index contributed by atoms with van der Waals surface area (Å²) < 4.78 is 0. The van der Waals surface area contributed by atoms with Gasteiger partial charge in [0, 0.05) is 19.6 Å². The van der Waals surface area contributed by atoms with Crippen LogP contribution in [0.1, 0.15) is 46.5 Å². The van der Waals surface area contributed by atoms with Crippen molar-refractivity contribution in [1.29, 1.82) is 0 Å². The second kappa shape index (κ2) is 5.38. The van der Waals surface area contributed by atoms with Crippen LogP contribution < -0.4 is 5.32 Å². The number of hydrogen-bond donors (Lipinski definition) is 1. The molecule has 0 aromatic carbocycles. The Morgan fingerprint density at radius 3 is 2.47 bits per heavy atom. The summed E-state index contributed by atoms with van der Waals surface area (Å²) in [7, 11) is 0. The van der Waals surface area contributed by atoms with E-state index in [2.05, 4.69) is 26.1 Å². The van der Waals surface area contributed by atoms with Gasteiger partial charge < -0.3 is 10.2 Å². The number of urea groups is 1. The molecule has 1 aliphatic rings. The maximum atomic E-state index is 11.7. The molecule has 88 valence electrons. The third-order valence-corrected chi connectivity index (χ3v) is 3.75. The minimum atomic E-state index is 0.126. The van der Waals surface area contributed by atoms with Crippen LogP contribution in [0.4, 0.5) is 4.79 Å². The van der Waals surface area contributed by atoms with Crippen molar-refractivity contribution in [3.05, 3.63) is 0 Å². The first-order valence-corrected chi connectivity index (χ1v) is 6.20. The average Bonchev–Trinajstić information content (AvgIpc) is 2.71. The van der Waals surface area contributed by atoms with E-state index in [1.165, 1.54) is 19.3 Å². The van der Waals surface area contributed by atoms with Crippen LogP contribution in [0.5, 0.6) is 0 Å². The second-order valence-corrected chi connectivity index (χ2v) is 4.61. The molecule has 0 aromatic rings. The highest BCUT2D eigenvalue weighted by Gasteiger charge is 2.36. The lowest BCUT2D eigenvalue weighted by Gasteiger charge is -2.26. The summed E-state index contributed by atoms with van der Waals surface area (Å²) in [6.45, 7) is 9.20. The van der Waals surface area contributed by atoms with Gasteiger partial charge in [0.1, 0.15) is 0 Å². The van der Waals surface area contributed by atoms with Gasteiger partial charge in [-0.2, -0.15) is 0 Å². The molecule has 0 unspecified atom stereocenters. The number of rotatable bonds is 4. The van der Waals surface area contributed by atoms with Gasteiger partial charge in [-0.05, 0) is 31.1 Å². The van der Waals surface area contributed by atoms with Crippen molar-refractivity contribution in [2.24, 2.45) is 5.41 Å². The third kappa shape index (κ3) is 2.86. The number of carbonyl (C=O) groups excluding carboxylic acids is 1. The van der Waals surface area contributed by atoms with Crippen LogP contribution in [0, 0.1) is 5.41 Å². The number of nitrogens with zero attached hydrogens (tertiary/aromatic N) is 1. The van der Waals surface area contributed by atoms with E-state index in [4.69, 9.17) is 0 Å². The maximum Gasteiger partial charge on any atom is 0.317 e. The van der Waals surface area contributed by atoms with Crippen LogP contribution in [-0.2, 0) is 0 Å². The van der Waals surface area contributed by atoms with Crippen molar-refractivity contribution in [2.75, 3.05) is 19.6 Å². The Bertz CT molecular complexity index is 212. The molecule has 0 aliphatic carbocycles. The monoisotopic (exact) mass is 212 g/mol. The quantitative estimate of drug-likeness (QED) is 0.763. The molecule has 1 rings (SSSR count). The molecule has 0 atom stereocenters. The van der Waals surface area contributed by atoms with Gasteiger partial charge in [0.15, 0.2) is 0 Å². The summed E-state index contributed by atoms with van der Waals surface area (Å²) >= 11 is 0. The zero-order chi connectivity index (χ0) is 11.3. The topological polar surface area (TPSA) is 32.3 Å². The molecule has 2 amide bonds. The molecule has 0 radical (unpaired) electrons. The van der Waals surface area contributed by atoms with Gasteiger partial charge in [0.05, 0.1) is 0 Å². The zero-order valence-electron chi connectivity index (χ0n) is 10.3. The fraction of sp³-hybridized carbons (Fsp3) is 0.917. The number of hydrogen-bond acceptors (Lipinski definition) is 1. The molecule has 1 aliphatic heterocycles. The van der Waals surface area contributed by atoms with Crippen LogP contribution in [0.2, 0.25) is 0 Å². The summed E-state index contributed by atoms with van der Waals surface area (Å²) in [5.41, 5.74) is 0.392. The Hall–Kier alpha value is -0.730. The van der Waals surface area contributed by atoms with Gasteiger partial charge in [0.25, 0.3) is 0 Å². The summed E-state index contributed by atoms with van der Waals surface area (Å²) in [6.07, 6.45) is 4.54. The molecule has 0 spiro atoms. The summed E-state index contributed by atoms with van der Waals surface area (Å²) in [4.78, 5) is 13.7. The first kappa shape index (κ1) is 12.3. The van der Waals surface area contributed by atoms with Crippen LogP contribution in [-0.4, -0.2) is 30.6 Å². The summed E-state index contributed by atoms with van der Waals surface area (Å²) in [5.74, 6) is 0. The highest BCUT2D eigenvalue weighted by molar-refractivity contribution is 5.74. The Labute approximate surface area is 93.2 Å². The Balaban J connectivity index is 2.44. The van der Waals surface area contributed by atoms with Crippen molar-refractivity contribution in [3.8, 4) is 0 Å². The molecule has 0 bridgehead atoms. The number of carbonyl (C=O) groups is 1. The Morgan fingerprint density at radius 1 is 1.33 bits per heavy atom. The van der Waals surface area contributed by atoms with Crippen LogP contribution in [0.3, 0.4) is 0 Å². The van der Waals surface area contributed by atoms with E-state index in [1.807, 2.05) is 4.90 Å². The van der Waals surface area contributed by atoms with Gasteiger partial charge in [-0.1, -0.05) is 20.8 Å². The van der Waals surface area contributed by atoms with Crippen LogP contribution >= 0.6 is 0 Å². The average molecular weight is 212 g/mol. The summed E-state index contributed by atoms with van der Waals surface area (Å²) in [5, 5.41) is 2.95. The Kier molecular flexibility index (Phi) is 4.43. The van der Waals surface area contributed by atoms with Gasteiger partial charge in [-0.3, -0.25) is 0 Å². The van der Waals surface area contributed by atoms with E-state index in [9.17, 15) is 4.79 Å². The van der Waals surface area contributed by atoms with Crippen molar-refractivity contribution >= 4 is 6.03 Å². The molecular formula is C12H24N2O. The molecule has 1 heterocycles. The van der Waals surface area contributed by atoms with Gasteiger partial charge >= 0.3 is 6.03 Å². The van der Waals surface area contributed by atoms with Crippen molar-refractivity contribution in [3.63, 3.8) is 0 Å². The van der Waals surface area contributed by atoms with Gasteiger partial charge in [0.2, 0.25) is 0 Å². The van der Waals surface area contributed by atoms with Gasteiger partial charge in [-0.25, -0.2) is 4.79 Å². The first-order valence-electron chi connectivity index (χ1n) is 6.20. The highest BCUT2D eigenvalue weighted by Crippen LogP contribution is 2.36. The predicted molar refractivity (Wildman–Crippen MR) is 62.9 cm³/mol. The van der Waals surface area contributed by atoms with E-state index >= 15 is 0 Å². The lowest BCUT2D eigenvalue weighted by molar-refractivity contribution is 0.196. The molecule has 1 N–H and O–H groups in total. The van der Waals surface area contributed by atoms with E-state index in [0.717, 1.165) is 26.1 Å². The minimum Gasteiger partial charge on any atom is -0.338 e. The molecule has 3 nitrogen and oxygen atoms in total. The fourth-order valence-electron chi connectivity index (χ4n) is 2.28. The maximum absolute atomic E-state index is 11.7. The van der Waals surface area contributed by atoms with Crippen LogP contribution in [0.15, 0.2) is 0 Å². The van der Waals surface area contributed by atoms with E-state index in [0.29, 0.717) is 5.41 Å². The lowest BCUT2D eigenvalue weighted by atomic mass is 9.82. The first-order chi connectivity index (χ1) is 7.17. The normalized spacial score (nSPS) is 19.3.